The summed E-state index contributed by atoms with van der Waals surface area (Å²) in [6.45, 7) is 9.47. The van der Waals surface area contributed by atoms with Gasteiger partial charge in [0, 0.05) is 0 Å². The van der Waals surface area contributed by atoms with Gasteiger partial charge in [0.25, 0.3) is 0 Å². The Hall–Kier alpha value is -1.34. The third kappa shape index (κ3) is 4.94. The first kappa shape index (κ1) is 12.7. The molecule has 0 saturated carbocycles. The smallest absolute Gasteiger partial charge is 0.0721 e. The lowest BCUT2D eigenvalue weighted by Crippen LogP contribution is -1.98. The highest BCUT2D eigenvalue weighted by molar-refractivity contribution is 5.14. The average Bonchev–Trinajstić information content (AvgIpc) is 2.30. The molecule has 0 saturated heterocycles. The first-order chi connectivity index (χ1) is 7.72. The lowest BCUT2D eigenvalue weighted by atomic mass is 10.1. The van der Waals surface area contributed by atoms with Crippen LogP contribution in [0.1, 0.15) is 25.8 Å². The van der Waals surface area contributed by atoms with E-state index in [1.54, 1.807) is 0 Å². The summed E-state index contributed by atoms with van der Waals surface area (Å²) < 4.78 is 5.60. The van der Waals surface area contributed by atoms with E-state index in [9.17, 15) is 0 Å². The molecule has 0 spiro atoms. The van der Waals surface area contributed by atoms with Crippen LogP contribution in [0, 0.1) is 0 Å². The fourth-order valence-corrected chi connectivity index (χ4v) is 1.43. The Morgan fingerprint density at radius 3 is 2.62 bits per heavy atom. The number of hydrogen-bond acceptors (Lipinski definition) is 1. The van der Waals surface area contributed by atoms with Crippen molar-refractivity contribution in [3.05, 3.63) is 59.7 Å². The van der Waals surface area contributed by atoms with E-state index in [1.807, 2.05) is 25.1 Å². The molecule has 0 aliphatic carbocycles. The van der Waals surface area contributed by atoms with Crippen molar-refractivity contribution in [2.75, 3.05) is 6.61 Å². The highest BCUT2D eigenvalue weighted by Gasteiger charge is 1.97. The minimum atomic E-state index is 0.639. The maximum Gasteiger partial charge on any atom is 0.0721 e. The quantitative estimate of drug-likeness (QED) is 0.650. The molecule has 1 aromatic carbocycles. The van der Waals surface area contributed by atoms with Gasteiger partial charge < -0.3 is 4.74 Å². The molecule has 1 rings (SSSR count). The first-order valence-electron chi connectivity index (χ1n) is 5.62. The second-order valence-corrected chi connectivity index (χ2v) is 4.04. The van der Waals surface area contributed by atoms with Crippen molar-refractivity contribution in [2.45, 2.75) is 26.9 Å². The summed E-state index contributed by atoms with van der Waals surface area (Å²) in [5.41, 5.74) is 3.68. The molecule has 0 amide bonds. The normalized spacial score (nSPS) is 11.5. The van der Waals surface area contributed by atoms with Crippen molar-refractivity contribution in [1.29, 1.82) is 0 Å². The lowest BCUT2D eigenvalue weighted by Gasteiger charge is -2.07. The van der Waals surface area contributed by atoms with Crippen molar-refractivity contribution in [3.63, 3.8) is 0 Å². The molecule has 0 atom stereocenters. The molecule has 0 fully saturated rings. The minimum Gasteiger partial charge on any atom is -0.372 e. The van der Waals surface area contributed by atoms with Crippen molar-refractivity contribution in [3.8, 4) is 0 Å². The molecule has 1 aromatic rings. The third-order valence-electron chi connectivity index (χ3n) is 2.44. The maximum atomic E-state index is 5.60. The van der Waals surface area contributed by atoms with E-state index >= 15 is 0 Å². The number of ether oxygens (including phenoxy) is 1. The van der Waals surface area contributed by atoms with Crippen molar-refractivity contribution >= 4 is 0 Å². The zero-order valence-corrected chi connectivity index (χ0v) is 10.2. The van der Waals surface area contributed by atoms with Gasteiger partial charge in [0.2, 0.25) is 0 Å². The molecule has 0 bridgehead atoms. The molecule has 0 heterocycles. The second kappa shape index (κ2) is 7.02. The Bertz CT molecular complexity index is 349. The van der Waals surface area contributed by atoms with Crippen LogP contribution in [-0.2, 0) is 11.3 Å². The van der Waals surface area contributed by atoms with Crippen molar-refractivity contribution < 1.29 is 4.74 Å². The van der Waals surface area contributed by atoms with E-state index in [-0.39, 0.29) is 0 Å². The van der Waals surface area contributed by atoms with Gasteiger partial charge in [0.05, 0.1) is 13.2 Å². The fraction of sp³-hybridized carbons (Fsp3) is 0.333. The molecule has 0 radical (unpaired) electrons. The molecular formula is C15H20O. The van der Waals surface area contributed by atoms with Gasteiger partial charge in [-0.3, -0.25) is 0 Å². The Morgan fingerprint density at radius 2 is 2.00 bits per heavy atom. The second-order valence-electron chi connectivity index (χ2n) is 4.04. The molecule has 1 nitrogen and oxygen atoms in total. The first-order valence-corrected chi connectivity index (χ1v) is 5.62. The van der Waals surface area contributed by atoms with Gasteiger partial charge in [-0.1, -0.05) is 48.6 Å². The van der Waals surface area contributed by atoms with Crippen LogP contribution in [0.3, 0.4) is 0 Å². The predicted molar refractivity (Wildman–Crippen MR) is 69.3 cm³/mol. The van der Waals surface area contributed by atoms with Crippen LogP contribution in [0.4, 0.5) is 0 Å². The van der Waals surface area contributed by atoms with Crippen molar-refractivity contribution in [2.24, 2.45) is 0 Å². The fourth-order valence-electron chi connectivity index (χ4n) is 1.43. The molecule has 0 aliphatic rings. The minimum absolute atomic E-state index is 0.639. The van der Waals surface area contributed by atoms with Gasteiger partial charge in [0.1, 0.15) is 0 Å². The Labute approximate surface area is 98.5 Å². The predicted octanol–water partition coefficient (Wildman–Crippen LogP) is 4.12. The SMILES string of the molecule is C=C(COCc1ccccc1)C/C(C)=C\C. The number of benzene rings is 1. The molecule has 86 valence electrons. The molecule has 0 aromatic heterocycles. The van der Waals surface area contributed by atoms with Crippen LogP contribution in [0.5, 0.6) is 0 Å². The maximum absolute atomic E-state index is 5.60. The van der Waals surface area contributed by atoms with Gasteiger partial charge in [0.15, 0.2) is 0 Å². The van der Waals surface area contributed by atoms with E-state index in [2.05, 4.69) is 31.7 Å². The highest BCUT2D eigenvalue weighted by atomic mass is 16.5. The van der Waals surface area contributed by atoms with E-state index in [0.717, 1.165) is 12.0 Å². The van der Waals surface area contributed by atoms with Crippen LogP contribution in [0.15, 0.2) is 54.1 Å². The van der Waals surface area contributed by atoms with Crippen LogP contribution >= 0.6 is 0 Å². The van der Waals surface area contributed by atoms with Gasteiger partial charge in [-0.2, -0.15) is 0 Å². The van der Waals surface area contributed by atoms with Crippen LogP contribution in [0.25, 0.3) is 0 Å². The van der Waals surface area contributed by atoms with Gasteiger partial charge in [-0.25, -0.2) is 0 Å². The monoisotopic (exact) mass is 216 g/mol. The van der Waals surface area contributed by atoms with E-state index in [1.165, 1.54) is 11.1 Å². The largest absolute Gasteiger partial charge is 0.372 e. The van der Waals surface area contributed by atoms with E-state index in [4.69, 9.17) is 4.74 Å². The molecule has 0 N–H and O–H groups in total. The zero-order valence-electron chi connectivity index (χ0n) is 10.2. The Balaban J connectivity index is 2.23. The van der Waals surface area contributed by atoms with Crippen LogP contribution in [0.2, 0.25) is 0 Å². The molecule has 1 heteroatoms. The van der Waals surface area contributed by atoms with Crippen molar-refractivity contribution in [1.82, 2.24) is 0 Å². The number of allylic oxidation sites excluding steroid dienone is 2. The van der Waals surface area contributed by atoms with Crippen LogP contribution in [-0.4, -0.2) is 6.61 Å². The van der Waals surface area contributed by atoms with Crippen LogP contribution < -0.4 is 0 Å². The molecular weight excluding hydrogens is 196 g/mol. The molecule has 0 aliphatic heterocycles. The summed E-state index contributed by atoms with van der Waals surface area (Å²) in [5, 5.41) is 0. The molecule has 0 unspecified atom stereocenters. The summed E-state index contributed by atoms with van der Waals surface area (Å²) in [5.74, 6) is 0. The zero-order chi connectivity index (χ0) is 11.8. The Kier molecular flexibility index (Phi) is 5.58. The third-order valence-corrected chi connectivity index (χ3v) is 2.44. The molecule has 16 heavy (non-hydrogen) atoms. The van der Waals surface area contributed by atoms with E-state index in [0.29, 0.717) is 13.2 Å². The van der Waals surface area contributed by atoms with Gasteiger partial charge >= 0.3 is 0 Å². The lowest BCUT2D eigenvalue weighted by molar-refractivity contribution is 0.141. The standard InChI is InChI=1S/C15H20O/c1-4-13(2)10-14(3)11-16-12-15-8-6-5-7-9-15/h4-9H,3,10-12H2,1-2H3/b13-4-. The van der Waals surface area contributed by atoms with Gasteiger partial charge in [-0.15, -0.1) is 0 Å². The highest BCUT2D eigenvalue weighted by Crippen LogP contribution is 2.09. The summed E-state index contributed by atoms with van der Waals surface area (Å²) >= 11 is 0. The topological polar surface area (TPSA) is 9.23 Å². The van der Waals surface area contributed by atoms with Gasteiger partial charge in [-0.05, 0) is 31.4 Å². The number of rotatable bonds is 6. The summed E-state index contributed by atoms with van der Waals surface area (Å²) in [7, 11) is 0. The summed E-state index contributed by atoms with van der Waals surface area (Å²) in [6.07, 6.45) is 3.05. The Morgan fingerprint density at radius 1 is 1.31 bits per heavy atom. The van der Waals surface area contributed by atoms with E-state index < -0.39 is 0 Å². The summed E-state index contributed by atoms with van der Waals surface area (Å²) in [6, 6.07) is 10.2. The number of hydrogen-bond donors (Lipinski definition) is 0. The average molecular weight is 216 g/mol. The summed E-state index contributed by atoms with van der Waals surface area (Å²) in [4.78, 5) is 0.